The molecule has 0 bridgehead atoms. The van der Waals surface area contributed by atoms with Gasteiger partial charge in [0.05, 0.1) is 0 Å². The molecule has 2 rings (SSSR count). The minimum Gasteiger partial charge on any atom is -0.405 e. The Kier molecular flexibility index (Phi) is 6.80. The van der Waals surface area contributed by atoms with Crippen LogP contribution in [0.1, 0.15) is 39.0 Å². The Morgan fingerprint density at radius 2 is 2.00 bits per heavy atom. The zero-order chi connectivity index (χ0) is 15.9. The molecule has 2 aliphatic rings. The fourth-order valence-corrected chi connectivity index (χ4v) is 3.66. The number of carbonyl (C=O) groups is 1. The number of carbonyl (C=O) groups excluding carboxylic acids is 1. The van der Waals surface area contributed by atoms with Crippen molar-refractivity contribution in [3.63, 3.8) is 0 Å². The Morgan fingerprint density at radius 1 is 1.36 bits per heavy atom. The normalized spacial score (nSPS) is 20.6. The van der Waals surface area contributed by atoms with Crippen LogP contribution < -0.4 is 11.1 Å². The number of amides is 1. The van der Waals surface area contributed by atoms with Gasteiger partial charge in [0, 0.05) is 12.6 Å². The first-order chi connectivity index (χ1) is 10.7. The fourth-order valence-electron chi connectivity index (χ4n) is 3.24. The molecule has 0 radical (unpaired) electrons. The lowest BCUT2D eigenvalue weighted by Crippen LogP contribution is -2.42. The molecule has 2 fully saturated rings. The van der Waals surface area contributed by atoms with E-state index in [0.717, 1.165) is 24.0 Å². The Bertz CT molecular complexity index is 416. The zero-order valence-corrected chi connectivity index (χ0v) is 14.6. The molecule has 2 aliphatic carbocycles. The van der Waals surface area contributed by atoms with Gasteiger partial charge in [0.25, 0.3) is 5.91 Å². The summed E-state index contributed by atoms with van der Waals surface area (Å²) in [5.74, 6) is 3.30. The number of thioether (sulfide) groups is 1. The predicted octanol–water partition coefficient (Wildman–Crippen LogP) is 2.59. The van der Waals surface area contributed by atoms with E-state index >= 15 is 0 Å². The summed E-state index contributed by atoms with van der Waals surface area (Å²) in [6.07, 6.45) is 11.4. The maximum Gasteiger partial charge on any atom is 0.269 e. The molecule has 5 heteroatoms. The molecule has 0 aromatic carbocycles. The van der Waals surface area contributed by atoms with Crippen molar-refractivity contribution in [3.8, 4) is 0 Å². The lowest BCUT2D eigenvalue weighted by Gasteiger charge is -2.24. The first kappa shape index (κ1) is 17.4. The van der Waals surface area contributed by atoms with Crippen molar-refractivity contribution < 1.29 is 4.79 Å². The van der Waals surface area contributed by atoms with Crippen molar-refractivity contribution in [2.45, 2.75) is 45.1 Å². The standard InChI is InChI=1S/C17H29N3OS/c1-12(16(13-4-5-13)14-6-7-14)20-17(21)15(8-9-18)19-10-3-11-22-2/h8-9,12-14,16H,3-7,10-11,18H2,1-2H3,(H,20,21). The number of nitrogens with one attached hydrogen (secondary N) is 1. The van der Waals surface area contributed by atoms with Crippen LogP contribution in [0.2, 0.25) is 0 Å². The number of aliphatic imine (C=N–C) groups is 1. The predicted molar refractivity (Wildman–Crippen MR) is 95.2 cm³/mol. The summed E-state index contributed by atoms with van der Waals surface area (Å²) in [7, 11) is 0. The van der Waals surface area contributed by atoms with Crippen LogP contribution in [0.3, 0.4) is 0 Å². The van der Waals surface area contributed by atoms with Gasteiger partial charge in [0.15, 0.2) is 0 Å². The molecule has 1 amide bonds. The van der Waals surface area contributed by atoms with E-state index in [1.54, 1.807) is 17.8 Å². The van der Waals surface area contributed by atoms with Crippen molar-refractivity contribution in [2.24, 2.45) is 28.5 Å². The lowest BCUT2D eigenvalue weighted by atomic mass is 9.90. The lowest BCUT2D eigenvalue weighted by molar-refractivity contribution is -0.115. The van der Waals surface area contributed by atoms with Crippen LogP contribution in [0.5, 0.6) is 0 Å². The van der Waals surface area contributed by atoms with Crippen LogP contribution in [0.15, 0.2) is 17.3 Å². The number of rotatable bonds is 10. The zero-order valence-electron chi connectivity index (χ0n) is 13.8. The molecule has 0 aromatic rings. The van der Waals surface area contributed by atoms with Crippen LogP contribution in [0, 0.1) is 17.8 Å². The molecule has 1 atom stereocenters. The molecule has 0 aliphatic heterocycles. The minimum absolute atomic E-state index is 0.0790. The number of hydrogen-bond acceptors (Lipinski definition) is 4. The van der Waals surface area contributed by atoms with Crippen LogP contribution in [0.25, 0.3) is 0 Å². The van der Waals surface area contributed by atoms with E-state index in [0.29, 0.717) is 18.2 Å². The highest BCUT2D eigenvalue weighted by Gasteiger charge is 2.44. The van der Waals surface area contributed by atoms with Crippen LogP contribution in [0.4, 0.5) is 0 Å². The van der Waals surface area contributed by atoms with Gasteiger partial charge in [-0.1, -0.05) is 0 Å². The summed E-state index contributed by atoms with van der Waals surface area (Å²) in [5, 5.41) is 3.17. The first-order valence-corrected chi connectivity index (χ1v) is 9.79. The van der Waals surface area contributed by atoms with Gasteiger partial charge in [0.2, 0.25) is 0 Å². The van der Waals surface area contributed by atoms with Crippen molar-refractivity contribution >= 4 is 23.4 Å². The maximum absolute atomic E-state index is 12.4. The SMILES string of the molecule is CSCCCN=C(C=CN)C(=O)NC(C)C(C1CC1)C1CC1. The van der Waals surface area contributed by atoms with Crippen LogP contribution in [-0.4, -0.2) is 36.2 Å². The quantitative estimate of drug-likeness (QED) is 0.480. The van der Waals surface area contributed by atoms with Crippen molar-refractivity contribution in [3.05, 3.63) is 12.3 Å². The molecule has 124 valence electrons. The van der Waals surface area contributed by atoms with Crippen molar-refractivity contribution in [2.75, 3.05) is 18.6 Å². The van der Waals surface area contributed by atoms with E-state index in [9.17, 15) is 4.79 Å². The second kappa shape index (κ2) is 8.61. The van der Waals surface area contributed by atoms with E-state index in [2.05, 4.69) is 23.5 Å². The third-order valence-electron chi connectivity index (χ3n) is 4.54. The fraction of sp³-hybridized carbons (Fsp3) is 0.765. The molecule has 0 spiro atoms. The molecule has 0 heterocycles. The van der Waals surface area contributed by atoms with Gasteiger partial charge in [-0.2, -0.15) is 11.8 Å². The summed E-state index contributed by atoms with van der Waals surface area (Å²) < 4.78 is 0. The summed E-state index contributed by atoms with van der Waals surface area (Å²) in [4.78, 5) is 16.9. The van der Waals surface area contributed by atoms with Gasteiger partial charge in [-0.05, 0) is 81.1 Å². The Labute approximate surface area is 138 Å². The third kappa shape index (κ3) is 5.34. The van der Waals surface area contributed by atoms with Crippen molar-refractivity contribution in [1.82, 2.24) is 5.32 Å². The second-order valence-corrected chi connectivity index (χ2v) is 7.47. The molecule has 3 N–H and O–H groups in total. The Balaban J connectivity index is 1.88. The highest BCUT2D eigenvalue weighted by atomic mass is 32.2. The average Bonchev–Trinajstić information content (AvgIpc) is 3.36. The smallest absolute Gasteiger partial charge is 0.269 e. The number of hydrogen-bond donors (Lipinski definition) is 2. The van der Waals surface area contributed by atoms with Gasteiger partial charge < -0.3 is 11.1 Å². The third-order valence-corrected chi connectivity index (χ3v) is 5.24. The largest absolute Gasteiger partial charge is 0.405 e. The average molecular weight is 324 g/mol. The topological polar surface area (TPSA) is 67.5 Å². The minimum atomic E-state index is -0.0790. The second-order valence-electron chi connectivity index (χ2n) is 6.49. The van der Waals surface area contributed by atoms with E-state index < -0.39 is 0 Å². The monoisotopic (exact) mass is 323 g/mol. The molecular formula is C17H29N3OS. The van der Waals surface area contributed by atoms with Gasteiger partial charge in [0.1, 0.15) is 5.71 Å². The highest BCUT2D eigenvalue weighted by Crippen LogP contribution is 2.50. The molecule has 22 heavy (non-hydrogen) atoms. The van der Waals surface area contributed by atoms with E-state index in [4.69, 9.17) is 5.73 Å². The van der Waals surface area contributed by atoms with E-state index in [1.165, 1.54) is 31.9 Å². The van der Waals surface area contributed by atoms with Gasteiger partial charge in [-0.25, -0.2) is 0 Å². The summed E-state index contributed by atoms with van der Waals surface area (Å²) in [6, 6.07) is 0.232. The number of nitrogens with zero attached hydrogens (tertiary/aromatic N) is 1. The van der Waals surface area contributed by atoms with Gasteiger partial charge >= 0.3 is 0 Å². The summed E-state index contributed by atoms with van der Waals surface area (Å²) in [6.45, 7) is 2.83. The Hall–Kier alpha value is -0.970. The molecule has 4 nitrogen and oxygen atoms in total. The first-order valence-electron chi connectivity index (χ1n) is 8.40. The molecular weight excluding hydrogens is 294 g/mol. The summed E-state index contributed by atoms with van der Waals surface area (Å²) >= 11 is 1.80. The van der Waals surface area contributed by atoms with Gasteiger partial charge in [-0.15, -0.1) is 0 Å². The maximum atomic E-state index is 12.4. The molecule has 0 saturated heterocycles. The molecule has 0 aromatic heterocycles. The Morgan fingerprint density at radius 3 is 2.50 bits per heavy atom. The van der Waals surface area contributed by atoms with Crippen molar-refractivity contribution in [1.29, 1.82) is 0 Å². The number of nitrogens with two attached hydrogens (primary N) is 1. The molecule has 2 saturated carbocycles. The molecule has 1 unspecified atom stereocenters. The highest BCUT2D eigenvalue weighted by molar-refractivity contribution is 7.98. The van der Waals surface area contributed by atoms with Crippen LogP contribution >= 0.6 is 11.8 Å². The van der Waals surface area contributed by atoms with E-state index in [-0.39, 0.29) is 11.9 Å². The van der Waals surface area contributed by atoms with Crippen LogP contribution in [-0.2, 0) is 4.79 Å². The van der Waals surface area contributed by atoms with Gasteiger partial charge in [-0.3, -0.25) is 9.79 Å². The van der Waals surface area contributed by atoms with E-state index in [1.807, 2.05) is 0 Å². The summed E-state index contributed by atoms with van der Waals surface area (Å²) in [5.41, 5.74) is 5.92.